The highest BCUT2D eigenvalue weighted by Crippen LogP contribution is 1.88. The molecule has 0 aliphatic rings. The van der Waals surface area contributed by atoms with Crippen LogP contribution in [-0.2, 0) is 9.16 Å². The predicted octanol–water partition coefficient (Wildman–Crippen LogP) is 0.661. The van der Waals surface area contributed by atoms with Gasteiger partial charge in [0.1, 0.15) is 0 Å². The summed E-state index contributed by atoms with van der Waals surface area (Å²) in [6, 6.07) is 1.11. The topological polar surface area (TPSA) is 47.6 Å². The van der Waals surface area contributed by atoms with Crippen molar-refractivity contribution < 1.29 is 14.0 Å². The third-order valence-electron chi connectivity index (χ3n) is 1.46. The Kier molecular flexibility index (Phi) is 9.13. The van der Waals surface area contributed by atoms with E-state index in [9.17, 15) is 4.79 Å². The van der Waals surface area contributed by atoms with Crippen LogP contribution in [0.5, 0.6) is 0 Å². The molecule has 0 saturated carbocycles. The minimum atomic E-state index is -0.337. The number of hydrogen-bond acceptors (Lipinski definition) is 3. The van der Waals surface area contributed by atoms with Crippen LogP contribution in [0.15, 0.2) is 0 Å². The Bertz CT molecular complexity index is 133. The average molecular weight is 205 g/mol. The third-order valence-corrected chi connectivity index (χ3v) is 2.95. The first-order valence-corrected chi connectivity index (χ1v) is 6.37. The molecule has 0 unspecified atom stereocenters. The monoisotopic (exact) mass is 205 g/mol. The average Bonchev–Trinajstić information content (AvgIpc) is 2.11. The van der Waals surface area contributed by atoms with E-state index < -0.39 is 0 Å². The van der Waals surface area contributed by atoms with Gasteiger partial charge in [-0.2, -0.15) is 0 Å². The van der Waals surface area contributed by atoms with E-state index in [2.05, 4.69) is 5.32 Å². The highest BCUT2D eigenvalue weighted by Gasteiger charge is 1.97. The minimum absolute atomic E-state index is 0.319. The van der Waals surface area contributed by atoms with E-state index in [1.54, 1.807) is 6.92 Å². The second kappa shape index (κ2) is 9.53. The van der Waals surface area contributed by atoms with Crippen molar-refractivity contribution in [2.45, 2.75) is 26.3 Å². The zero-order valence-electron chi connectivity index (χ0n) is 8.47. The molecule has 0 fully saturated rings. The molecule has 1 amide bonds. The first-order valence-electron chi connectivity index (χ1n) is 4.79. The van der Waals surface area contributed by atoms with Crippen LogP contribution in [0.25, 0.3) is 0 Å². The molecule has 4 nitrogen and oxygen atoms in total. The molecule has 0 radical (unpaired) electrons. The molecule has 1 N–H and O–H groups in total. The summed E-state index contributed by atoms with van der Waals surface area (Å²) in [6.07, 6.45) is 0.672. The van der Waals surface area contributed by atoms with Crippen LogP contribution in [0.4, 0.5) is 4.79 Å². The predicted molar refractivity (Wildman–Crippen MR) is 54.6 cm³/mol. The van der Waals surface area contributed by atoms with Crippen molar-refractivity contribution in [3.05, 3.63) is 0 Å². The molecular weight excluding hydrogens is 186 g/mol. The van der Waals surface area contributed by atoms with E-state index in [-0.39, 0.29) is 15.9 Å². The van der Waals surface area contributed by atoms with Crippen molar-refractivity contribution >= 4 is 15.9 Å². The Morgan fingerprint density at radius 3 is 2.77 bits per heavy atom. The summed E-state index contributed by atoms with van der Waals surface area (Å²) in [7, 11) is -0.337. The van der Waals surface area contributed by atoms with E-state index >= 15 is 0 Å². The fraction of sp³-hybridized carbons (Fsp3) is 0.875. The SMILES string of the molecule is CCO[SiH2]CCCNC(=O)OCC. The summed E-state index contributed by atoms with van der Waals surface area (Å²) in [4.78, 5) is 10.8. The van der Waals surface area contributed by atoms with Gasteiger partial charge in [-0.1, -0.05) is 0 Å². The summed E-state index contributed by atoms with van der Waals surface area (Å²) < 4.78 is 9.98. The Hall–Kier alpha value is -0.553. The van der Waals surface area contributed by atoms with Gasteiger partial charge in [0.2, 0.25) is 0 Å². The van der Waals surface area contributed by atoms with Crippen LogP contribution in [-0.4, -0.2) is 35.6 Å². The zero-order valence-corrected chi connectivity index (χ0v) is 9.88. The van der Waals surface area contributed by atoms with E-state index in [1.165, 1.54) is 0 Å². The van der Waals surface area contributed by atoms with Crippen LogP contribution in [0.1, 0.15) is 20.3 Å². The second-order valence-electron chi connectivity index (χ2n) is 2.55. The lowest BCUT2D eigenvalue weighted by atomic mass is 10.5. The molecule has 0 aliphatic heterocycles. The molecule has 5 heteroatoms. The number of carbonyl (C=O) groups is 1. The maximum absolute atomic E-state index is 10.8. The molecule has 0 aromatic rings. The fourth-order valence-corrected chi connectivity index (χ4v) is 1.79. The number of rotatable bonds is 7. The molecule has 78 valence electrons. The van der Waals surface area contributed by atoms with E-state index in [1.807, 2.05) is 6.92 Å². The van der Waals surface area contributed by atoms with Crippen LogP contribution < -0.4 is 5.32 Å². The molecule has 0 saturated heterocycles. The summed E-state index contributed by atoms with van der Waals surface area (Å²) >= 11 is 0. The van der Waals surface area contributed by atoms with Gasteiger partial charge >= 0.3 is 6.09 Å². The molecule has 0 heterocycles. The van der Waals surface area contributed by atoms with Gasteiger partial charge in [0.25, 0.3) is 0 Å². The van der Waals surface area contributed by atoms with Gasteiger partial charge in [-0.05, 0) is 26.3 Å². The number of hydrogen-bond donors (Lipinski definition) is 1. The molecule has 0 aliphatic carbocycles. The summed E-state index contributed by atoms with van der Waals surface area (Å²) in [6.45, 7) is 5.74. The maximum atomic E-state index is 10.8. The van der Waals surface area contributed by atoms with Crippen molar-refractivity contribution in [2.75, 3.05) is 19.8 Å². The zero-order chi connectivity index (χ0) is 9.94. The van der Waals surface area contributed by atoms with Crippen molar-refractivity contribution in [3.8, 4) is 0 Å². The highest BCUT2D eigenvalue weighted by atomic mass is 28.2. The Morgan fingerprint density at radius 2 is 2.15 bits per heavy atom. The van der Waals surface area contributed by atoms with Crippen molar-refractivity contribution in [3.63, 3.8) is 0 Å². The summed E-state index contributed by atoms with van der Waals surface area (Å²) in [5.74, 6) is 0. The normalized spacial score (nSPS) is 10.6. The van der Waals surface area contributed by atoms with Gasteiger partial charge < -0.3 is 14.5 Å². The summed E-state index contributed by atoms with van der Waals surface area (Å²) in [5.41, 5.74) is 0. The molecular formula is C8H19NO3Si. The van der Waals surface area contributed by atoms with E-state index in [4.69, 9.17) is 9.16 Å². The number of nitrogens with one attached hydrogen (secondary N) is 1. The van der Waals surface area contributed by atoms with Crippen LogP contribution in [0.3, 0.4) is 0 Å². The molecule has 0 aromatic heterocycles. The standard InChI is InChI=1S/C8H19NO3Si/c1-3-11-8(10)9-6-5-7-13-12-4-2/h3-7,13H2,1-2H3,(H,9,10). The van der Waals surface area contributed by atoms with Gasteiger partial charge in [0, 0.05) is 13.2 Å². The number of carbonyl (C=O) groups excluding carboxylic acids is 1. The molecule has 0 spiro atoms. The van der Waals surface area contributed by atoms with E-state index in [0.717, 1.165) is 19.1 Å². The minimum Gasteiger partial charge on any atom is -0.450 e. The molecule has 13 heavy (non-hydrogen) atoms. The van der Waals surface area contributed by atoms with Gasteiger partial charge in [-0.25, -0.2) is 4.79 Å². The Labute approximate surface area is 81.9 Å². The number of ether oxygens (including phenoxy) is 1. The lowest BCUT2D eigenvalue weighted by molar-refractivity contribution is 0.152. The maximum Gasteiger partial charge on any atom is 0.407 e. The number of amides is 1. The summed E-state index contributed by atoms with van der Waals surface area (Å²) in [5, 5.41) is 2.67. The first kappa shape index (κ1) is 12.4. The van der Waals surface area contributed by atoms with E-state index in [0.29, 0.717) is 13.2 Å². The number of alkyl carbamates (subject to hydrolysis) is 1. The van der Waals surface area contributed by atoms with Crippen molar-refractivity contribution in [1.82, 2.24) is 5.32 Å². The van der Waals surface area contributed by atoms with Crippen LogP contribution in [0, 0.1) is 0 Å². The van der Waals surface area contributed by atoms with Crippen LogP contribution in [0.2, 0.25) is 6.04 Å². The highest BCUT2D eigenvalue weighted by molar-refractivity contribution is 6.26. The second-order valence-corrected chi connectivity index (χ2v) is 4.07. The molecule has 0 aromatic carbocycles. The lowest BCUT2D eigenvalue weighted by Gasteiger charge is -2.04. The van der Waals surface area contributed by atoms with Crippen molar-refractivity contribution in [1.29, 1.82) is 0 Å². The molecule has 0 rings (SSSR count). The lowest BCUT2D eigenvalue weighted by Crippen LogP contribution is -2.25. The molecule has 0 atom stereocenters. The van der Waals surface area contributed by atoms with Gasteiger partial charge in [-0.3, -0.25) is 0 Å². The van der Waals surface area contributed by atoms with Gasteiger partial charge in [0.15, 0.2) is 9.76 Å². The van der Waals surface area contributed by atoms with Gasteiger partial charge in [0.05, 0.1) is 6.61 Å². The molecule has 0 bridgehead atoms. The van der Waals surface area contributed by atoms with Crippen molar-refractivity contribution in [2.24, 2.45) is 0 Å². The first-order chi connectivity index (χ1) is 6.31. The fourth-order valence-electron chi connectivity index (χ4n) is 0.846. The quantitative estimate of drug-likeness (QED) is 0.490. The largest absolute Gasteiger partial charge is 0.450 e. The smallest absolute Gasteiger partial charge is 0.407 e. The Balaban J connectivity index is 3.02. The van der Waals surface area contributed by atoms with Gasteiger partial charge in [-0.15, -0.1) is 0 Å². The van der Waals surface area contributed by atoms with Crippen LogP contribution >= 0.6 is 0 Å². The third kappa shape index (κ3) is 9.36. The Morgan fingerprint density at radius 1 is 1.38 bits per heavy atom.